The minimum absolute atomic E-state index is 0.0192. The van der Waals surface area contributed by atoms with Crippen molar-refractivity contribution >= 4 is 23.6 Å². The molecule has 2 aromatic rings. The lowest BCUT2D eigenvalue weighted by molar-refractivity contribution is -0.124. The molecule has 0 unspecified atom stereocenters. The van der Waals surface area contributed by atoms with E-state index < -0.39 is 0 Å². The predicted molar refractivity (Wildman–Crippen MR) is 101 cm³/mol. The topological polar surface area (TPSA) is 67.4 Å². The first-order valence-electron chi connectivity index (χ1n) is 7.92. The Morgan fingerprint density at radius 2 is 1.72 bits per heavy atom. The van der Waals surface area contributed by atoms with E-state index in [1.165, 1.54) is 12.0 Å². The van der Waals surface area contributed by atoms with Gasteiger partial charge in [0, 0.05) is 30.7 Å². The lowest BCUT2D eigenvalue weighted by atomic mass is 10.0. The maximum Gasteiger partial charge on any atom is 0.251 e. The quantitative estimate of drug-likeness (QED) is 0.562. The molecule has 0 bridgehead atoms. The van der Waals surface area contributed by atoms with Crippen LogP contribution in [-0.2, 0) is 9.53 Å². The molecule has 0 saturated heterocycles. The summed E-state index contributed by atoms with van der Waals surface area (Å²) in [7, 11) is 1.46. The van der Waals surface area contributed by atoms with Gasteiger partial charge in [0.1, 0.15) is 6.61 Å². The van der Waals surface area contributed by atoms with Crippen molar-refractivity contribution in [3.05, 3.63) is 54.1 Å². The van der Waals surface area contributed by atoms with E-state index in [0.29, 0.717) is 18.7 Å². The van der Waals surface area contributed by atoms with Crippen molar-refractivity contribution in [1.29, 1.82) is 0 Å². The van der Waals surface area contributed by atoms with Gasteiger partial charge < -0.3 is 15.4 Å². The number of nitrogens with one attached hydrogen (secondary N) is 2. The summed E-state index contributed by atoms with van der Waals surface area (Å²) in [5, 5.41) is 5.45. The van der Waals surface area contributed by atoms with Crippen LogP contribution in [0.25, 0.3) is 11.1 Å². The normalized spacial score (nSPS) is 10.3. The molecule has 0 spiro atoms. The summed E-state index contributed by atoms with van der Waals surface area (Å²) in [4.78, 5) is 24.7. The zero-order valence-electron chi connectivity index (χ0n) is 14.4. The van der Waals surface area contributed by atoms with E-state index in [4.69, 9.17) is 4.74 Å². The molecular formula is C19H22N2O3S. The van der Waals surface area contributed by atoms with E-state index >= 15 is 0 Å². The summed E-state index contributed by atoms with van der Waals surface area (Å²) in [6.07, 6.45) is 2.04. The molecule has 0 atom stereocenters. The van der Waals surface area contributed by atoms with Crippen molar-refractivity contribution in [3.63, 3.8) is 0 Å². The molecule has 0 aliphatic carbocycles. The Hall–Kier alpha value is -2.31. The first-order valence-corrected chi connectivity index (χ1v) is 9.15. The van der Waals surface area contributed by atoms with Gasteiger partial charge in [0.25, 0.3) is 5.91 Å². The van der Waals surface area contributed by atoms with E-state index in [9.17, 15) is 9.59 Å². The Labute approximate surface area is 152 Å². The number of amides is 2. The second-order valence-electron chi connectivity index (χ2n) is 5.35. The Morgan fingerprint density at radius 3 is 2.40 bits per heavy atom. The summed E-state index contributed by atoms with van der Waals surface area (Å²) < 4.78 is 4.72. The van der Waals surface area contributed by atoms with Gasteiger partial charge in [-0.15, -0.1) is 11.8 Å². The van der Waals surface area contributed by atoms with Gasteiger partial charge in [-0.3, -0.25) is 9.59 Å². The van der Waals surface area contributed by atoms with Crippen LogP contribution in [0.1, 0.15) is 10.4 Å². The Morgan fingerprint density at radius 1 is 1.00 bits per heavy atom. The van der Waals surface area contributed by atoms with Gasteiger partial charge >= 0.3 is 0 Å². The number of rotatable bonds is 8. The molecule has 2 rings (SSSR count). The monoisotopic (exact) mass is 358 g/mol. The SMILES string of the molecule is COCC(=O)NCCNC(=O)c1cccc(-c2ccc(SC)cc2)c1. The van der Waals surface area contributed by atoms with Gasteiger partial charge in [0.2, 0.25) is 5.91 Å². The largest absolute Gasteiger partial charge is 0.375 e. The van der Waals surface area contributed by atoms with Crippen LogP contribution in [0.3, 0.4) is 0 Å². The molecule has 0 aliphatic rings. The van der Waals surface area contributed by atoms with Gasteiger partial charge in [-0.1, -0.05) is 24.3 Å². The molecule has 0 aliphatic heterocycles. The molecule has 25 heavy (non-hydrogen) atoms. The Bertz CT molecular complexity index is 717. The van der Waals surface area contributed by atoms with Crippen LogP contribution in [-0.4, -0.2) is 44.9 Å². The summed E-state index contributed by atoms with van der Waals surface area (Å²) in [5.74, 6) is -0.365. The number of thioether (sulfide) groups is 1. The summed E-state index contributed by atoms with van der Waals surface area (Å²) >= 11 is 1.70. The molecule has 0 fully saturated rings. The van der Waals surface area contributed by atoms with Crippen molar-refractivity contribution in [2.24, 2.45) is 0 Å². The smallest absolute Gasteiger partial charge is 0.251 e. The molecule has 2 N–H and O–H groups in total. The van der Waals surface area contributed by atoms with Crippen molar-refractivity contribution < 1.29 is 14.3 Å². The molecule has 0 heterocycles. The van der Waals surface area contributed by atoms with Crippen LogP contribution in [0.15, 0.2) is 53.4 Å². The number of methoxy groups -OCH3 is 1. The standard InChI is InChI=1S/C19H22N2O3S/c1-24-13-18(22)20-10-11-21-19(23)16-5-3-4-15(12-16)14-6-8-17(25-2)9-7-14/h3-9,12H,10-11,13H2,1-2H3,(H,20,22)(H,21,23). The van der Waals surface area contributed by atoms with E-state index in [-0.39, 0.29) is 18.4 Å². The predicted octanol–water partition coefficient (Wildman–Crippen LogP) is 2.57. The molecule has 5 nitrogen and oxygen atoms in total. The number of carbonyl (C=O) groups excluding carboxylic acids is 2. The molecular weight excluding hydrogens is 336 g/mol. The lowest BCUT2D eigenvalue weighted by Crippen LogP contribution is -2.36. The van der Waals surface area contributed by atoms with Crippen LogP contribution >= 0.6 is 11.8 Å². The zero-order chi connectivity index (χ0) is 18.1. The molecule has 0 saturated carbocycles. The number of carbonyl (C=O) groups is 2. The van der Waals surface area contributed by atoms with E-state index in [0.717, 1.165) is 11.1 Å². The Kier molecular flexibility index (Phi) is 7.50. The van der Waals surface area contributed by atoms with E-state index in [2.05, 4.69) is 22.8 Å². The molecule has 0 radical (unpaired) electrons. The van der Waals surface area contributed by atoms with Crippen LogP contribution < -0.4 is 10.6 Å². The third-order valence-electron chi connectivity index (χ3n) is 3.56. The average molecular weight is 358 g/mol. The maximum atomic E-state index is 12.2. The zero-order valence-corrected chi connectivity index (χ0v) is 15.2. The Balaban J connectivity index is 1.93. The van der Waals surface area contributed by atoms with Crippen molar-refractivity contribution in [2.75, 3.05) is 33.1 Å². The number of hydrogen-bond donors (Lipinski definition) is 2. The number of hydrogen-bond acceptors (Lipinski definition) is 4. The maximum absolute atomic E-state index is 12.2. The first-order chi connectivity index (χ1) is 12.1. The lowest BCUT2D eigenvalue weighted by Gasteiger charge is -2.08. The summed E-state index contributed by atoms with van der Waals surface area (Å²) in [5.41, 5.74) is 2.66. The fourth-order valence-electron chi connectivity index (χ4n) is 2.29. The molecule has 6 heteroatoms. The second-order valence-corrected chi connectivity index (χ2v) is 6.23. The highest BCUT2D eigenvalue weighted by atomic mass is 32.2. The minimum Gasteiger partial charge on any atom is -0.375 e. The number of benzene rings is 2. The fraction of sp³-hybridized carbons (Fsp3) is 0.263. The third kappa shape index (κ3) is 5.92. The molecule has 0 aromatic heterocycles. The van der Waals surface area contributed by atoms with Gasteiger partial charge in [-0.05, 0) is 41.6 Å². The highest BCUT2D eigenvalue weighted by Gasteiger charge is 2.07. The average Bonchev–Trinajstić information content (AvgIpc) is 2.65. The van der Waals surface area contributed by atoms with Crippen molar-refractivity contribution in [2.45, 2.75) is 4.90 Å². The number of ether oxygens (including phenoxy) is 1. The van der Waals surface area contributed by atoms with Crippen LogP contribution in [0.2, 0.25) is 0 Å². The van der Waals surface area contributed by atoms with Crippen molar-refractivity contribution in [3.8, 4) is 11.1 Å². The fourth-order valence-corrected chi connectivity index (χ4v) is 2.69. The molecule has 132 valence electrons. The van der Waals surface area contributed by atoms with Crippen LogP contribution in [0, 0.1) is 0 Å². The van der Waals surface area contributed by atoms with Gasteiger partial charge in [-0.25, -0.2) is 0 Å². The summed E-state index contributed by atoms with van der Waals surface area (Å²) in [6, 6.07) is 15.7. The van der Waals surface area contributed by atoms with E-state index in [1.54, 1.807) is 17.8 Å². The van der Waals surface area contributed by atoms with Gasteiger partial charge in [0.05, 0.1) is 0 Å². The van der Waals surface area contributed by atoms with Crippen molar-refractivity contribution in [1.82, 2.24) is 10.6 Å². The molecule has 2 amide bonds. The van der Waals surface area contributed by atoms with Gasteiger partial charge in [0.15, 0.2) is 0 Å². The second kappa shape index (κ2) is 9.86. The highest BCUT2D eigenvalue weighted by Crippen LogP contribution is 2.23. The van der Waals surface area contributed by atoms with E-state index in [1.807, 2.05) is 36.6 Å². The minimum atomic E-state index is -0.201. The molecule has 2 aromatic carbocycles. The van der Waals surface area contributed by atoms with Crippen LogP contribution in [0.5, 0.6) is 0 Å². The van der Waals surface area contributed by atoms with Gasteiger partial charge in [-0.2, -0.15) is 0 Å². The summed E-state index contributed by atoms with van der Waals surface area (Å²) in [6.45, 7) is 0.746. The highest BCUT2D eigenvalue weighted by molar-refractivity contribution is 7.98. The first kappa shape index (κ1) is 19.0. The van der Waals surface area contributed by atoms with Crippen LogP contribution in [0.4, 0.5) is 0 Å². The third-order valence-corrected chi connectivity index (χ3v) is 4.30.